The zero-order chi connectivity index (χ0) is 26.0. The van der Waals surface area contributed by atoms with Crippen LogP contribution in [0.3, 0.4) is 0 Å². The fourth-order valence-corrected chi connectivity index (χ4v) is 6.76. The Hall–Kier alpha value is -1.61. The van der Waals surface area contributed by atoms with Gasteiger partial charge in [-0.2, -0.15) is 0 Å². The summed E-state index contributed by atoms with van der Waals surface area (Å²) in [7, 11) is 0. The Morgan fingerprint density at radius 2 is 1.83 bits per heavy atom. The summed E-state index contributed by atoms with van der Waals surface area (Å²) in [5.74, 6) is 2.21. The van der Waals surface area contributed by atoms with Gasteiger partial charge in [0.1, 0.15) is 0 Å². The lowest BCUT2D eigenvalue weighted by molar-refractivity contribution is -0.124. The van der Waals surface area contributed by atoms with E-state index in [1.54, 1.807) is 5.57 Å². The molecule has 0 spiro atoms. The second-order valence-electron chi connectivity index (χ2n) is 12.9. The van der Waals surface area contributed by atoms with E-state index in [4.69, 9.17) is 0 Å². The van der Waals surface area contributed by atoms with Crippen molar-refractivity contribution in [3.05, 3.63) is 47.6 Å². The molecule has 196 valence electrons. The molecule has 6 atom stereocenters. The molecule has 0 aromatic carbocycles. The number of aliphatic hydroxyl groups is 1. The summed E-state index contributed by atoms with van der Waals surface area (Å²) in [5, 5.41) is 13.5. The smallest absolute Gasteiger partial charge is 0.222 e. The van der Waals surface area contributed by atoms with E-state index >= 15 is 0 Å². The van der Waals surface area contributed by atoms with Crippen LogP contribution in [0.1, 0.15) is 99.8 Å². The van der Waals surface area contributed by atoms with E-state index in [2.05, 4.69) is 57.0 Å². The molecule has 3 rings (SSSR count). The first-order valence-corrected chi connectivity index (χ1v) is 14.1. The van der Waals surface area contributed by atoms with Crippen molar-refractivity contribution in [3.8, 4) is 0 Å². The van der Waals surface area contributed by atoms with Crippen LogP contribution in [0.5, 0.6) is 0 Å². The van der Waals surface area contributed by atoms with Crippen molar-refractivity contribution in [2.24, 2.45) is 35.0 Å². The summed E-state index contributed by atoms with van der Waals surface area (Å²) in [4.78, 5) is 12.2. The lowest BCUT2D eigenvalue weighted by Crippen LogP contribution is -2.39. The number of hydrogen-bond donors (Lipinski definition) is 2. The summed E-state index contributed by atoms with van der Waals surface area (Å²) >= 11 is 0. The van der Waals surface area contributed by atoms with E-state index in [0.717, 1.165) is 19.3 Å². The van der Waals surface area contributed by atoms with E-state index in [1.165, 1.54) is 43.3 Å². The van der Waals surface area contributed by atoms with Crippen LogP contribution in [0.4, 0.5) is 0 Å². The minimum atomic E-state index is -0.674. The third kappa shape index (κ3) is 6.59. The third-order valence-corrected chi connectivity index (χ3v) is 9.57. The molecule has 0 saturated heterocycles. The van der Waals surface area contributed by atoms with Gasteiger partial charge in [0.2, 0.25) is 5.91 Å². The van der Waals surface area contributed by atoms with Crippen LogP contribution in [0.25, 0.3) is 0 Å². The predicted octanol–water partition coefficient (Wildman–Crippen LogP) is 7.54. The maximum absolute atomic E-state index is 12.2. The minimum Gasteiger partial charge on any atom is -0.390 e. The number of carbonyl (C=O) groups is 1. The molecule has 3 aliphatic carbocycles. The number of amides is 1. The quantitative estimate of drug-likeness (QED) is 0.369. The van der Waals surface area contributed by atoms with E-state index < -0.39 is 5.60 Å². The Kier molecular flexibility index (Phi) is 8.95. The van der Waals surface area contributed by atoms with E-state index in [9.17, 15) is 9.90 Å². The molecule has 3 heteroatoms. The molecule has 3 saturated carbocycles. The first-order chi connectivity index (χ1) is 16.3. The zero-order valence-corrected chi connectivity index (χ0v) is 23.5. The Bertz CT molecular complexity index is 870. The third-order valence-electron chi connectivity index (χ3n) is 9.57. The molecule has 0 aliphatic heterocycles. The van der Waals surface area contributed by atoms with Gasteiger partial charge in [-0.05, 0) is 94.0 Å². The molecule has 0 heterocycles. The second-order valence-corrected chi connectivity index (χ2v) is 12.9. The fourth-order valence-electron chi connectivity index (χ4n) is 6.76. The van der Waals surface area contributed by atoms with Crippen molar-refractivity contribution in [1.29, 1.82) is 0 Å². The van der Waals surface area contributed by atoms with Crippen LogP contribution in [-0.2, 0) is 4.79 Å². The van der Waals surface area contributed by atoms with Gasteiger partial charge in [0, 0.05) is 17.9 Å². The normalized spacial score (nSPS) is 34.0. The van der Waals surface area contributed by atoms with Gasteiger partial charge in [0.25, 0.3) is 0 Å². The van der Waals surface area contributed by atoms with Gasteiger partial charge in [-0.1, -0.05) is 76.6 Å². The molecule has 3 aliphatic rings. The van der Waals surface area contributed by atoms with Gasteiger partial charge in [0.15, 0.2) is 0 Å². The average Bonchev–Trinajstić information content (AvgIpc) is 3.14. The number of nitrogens with one attached hydrogen (secondary N) is 1. The molecule has 0 radical (unpaired) electrons. The monoisotopic (exact) mass is 481 g/mol. The van der Waals surface area contributed by atoms with Gasteiger partial charge < -0.3 is 10.4 Å². The summed E-state index contributed by atoms with van der Waals surface area (Å²) in [5.41, 5.74) is 3.85. The van der Waals surface area contributed by atoms with Crippen LogP contribution in [-0.4, -0.2) is 22.7 Å². The number of fused-ring (bicyclic) bond motifs is 1. The van der Waals surface area contributed by atoms with Gasteiger partial charge in [-0.15, -0.1) is 0 Å². The number of carbonyl (C=O) groups excluding carboxylic acids is 1. The van der Waals surface area contributed by atoms with Gasteiger partial charge >= 0.3 is 0 Å². The van der Waals surface area contributed by atoms with E-state index in [-0.39, 0.29) is 23.8 Å². The minimum absolute atomic E-state index is 0.0282. The molecule has 0 aromatic rings. The highest BCUT2D eigenvalue weighted by Crippen LogP contribution is 2.59. The molecule has 3 unspecified atom stereocenters. The topological polar surface area (TPSA) is 49.3 Å². The highest BCUT2D eigenvalue weighted by Gasteiger charge is 2.50. The van der Waals surface area contributed by atoms with Crippen molar-refractivity contribution >= 4 is 5.91 Å². The maximum Gasteiger partial charge on any atom is 0.222 e. The zero-order valence-electron chi connectivity index (χ0n) is 23.5. The Labute approximate surface area is 215 Å². The number of allylic oxidation sites excluding steroid dienone is 5. The summed E-state index contributed by atoms with van der Waals surface area (Å²) < 4.78 is 0. The van der Waals surface area contributed by atoms with E-state index in [1.807, 2.05) is 27.7 Å². The van der Waals surface area contributed by atoms with Crippen molar-refractivity contribution in [2.75, 3.05) is 0 Å². The first-order valence-electron chi connectivity index (χ1n) is 14.1. The molecule has 0 bridgehead atoms. The maximum atomic E-state index is 12.2. The Balaban J connectivity index is 1.72. The SMILES string of the molecule is C=C1CC[C@@H](NC(=O)C(C)C)C/C1=C/C=C1\CCC[C@@]2(C)C1CCC2[C@H](C)/C=C/C(C)C(C)(C)O. The molecule has 3 fully saturated rings. The van der Waals surface area contributed by atoms with Crippen LogP contribution in [0.2, 0.25) is 0 Å². The second kappa shape index (κ2) is 11.2. The lowest BCUT2D eigenvalue weighted by atomic mass is 9.61. The molecule has 3 nitrogen and oxygen atoms in total. The van der Waals surface area contributed by atoms with E-state index in [0.29, 0.717) is 23.2 Å². The average molecular weight is 482 g/mol. The fraction of sp³-hybridized carbons (Fsp3) is 0.719. The Morgan fingerprint density at radius 1 is 1.11 bits per heavy atom. The standard InChI is InChI=1S/C32H51NO2/c1-21(2)30(34)33-27-16-12-22(3)26(20-27)15-14-25-10-9-19-32(8)28(17-18-29(25)32)23(4)11-13-24(5)31(6,7)35/h11,13-15,21,23-24,27-29,35H,3,9-10,12,16-20H2,1-2,4-8H3,(H,33,34)/b13-11+,25-14+,26-15-/t23-,24?,27-,28?,29?,32-/m1/s1. The Morgan fingerprint density at radius 3 is 2.49 bits per heavy atom. The van der Waals surface area contributed by atoms with Crippen LogP contribution in [0, 0.1) is 35.0 Å². The molecular formula is C32H51NO2. The van der Waals surface area contributed by atoms with Crippen LogP contribution in [0.15, 0.2) is 47.6 Å². The summed E-state index contributed by atoms with van der Waals surface area (Å²) in [6.45, 7) is 19.1. The molecule has 35 heavy (non-hydrogen) atoms. The number of rotatable bonds is 7. The largest absolute Gasteiger partial charge is 0.390 e. The lowest BCUT2D eigenvalue weighted by Gasteiger charge is -2.44. The van der Waals surface area contributed by atoms with Crippen LogP contribution >= 0.6 is 0 Å². The van der Waals surface area contributed by atoms with Crippen molar-refractivity contribution in [2.45, 2.75) is 111 Å². The predicted molar refractivity (Wildman–Crippen MR) is 148 cm³/mol. The first kappa shape index (κ1) is 28.0. The van der Waals surface area contributed by atoms with Crippen molar-refractivity contribution < 1.29 is 9.90 Å². The highest BCUT2D eigenvalue weighted by molar-refractivity contribution is 5.78. The van der Waals surface area contributed by atoms with Gasteiger partial charge in [-0.3, -0.25) is 4.79 Å². The van der Waals surface area contributed by atoms with Gasteiger partial charge in [0.05, 0.1) is 5.60 Å². The molecule has 1 amide bonds. The van der Waals surface area contributed by atoms with Crippen molar-refractivity contribution in [3.63, 3.8) is 0 Å². The highest BCUT2D eigenvalue weighted by atomic mass is 16.3. The van der Waals surface area contributed by atoms with Crippen molar-refractivity contribution in [1.82, 2.24) is 5.32 Å². The molecule has 0 aromatic heterocycles. The van der Waals surface area contributed by atoms with Crippen LogP contribution < -0.4 is 5.32 Å². The van der Waals surface area contributed by atoms with Gasteiger partial charge in [-0.25, -0.2) is 0 Å². The summed E-state index contributed by atoms with van der Waals surface area (Å²) in [6.07, 6.45) is 18.6. The molecular weight excluding hydrogens is 430 g/mol. The summed E-state index contributed by atoms with van der Waals surface area (Å²) in [6, 6.07) is 0.228. The number of hydrogen-bond acceptors (Lipinski definition) is 2. The molecule has 2 N–H and O–H groups in total.